The van der Waals surface area contributed by atoms with Crippen molar-refractivity contribution in [3.05, 3.63) is 59.9 Å². The lowest BCUT2D eigenvalue weighted by Crippen LogP contribution is -2.43. The molecule has 3 rings (SSSR count). The SMILES string of the molecule is CCC(CC)C(=O)N1CCC(Cc2ccccc2-c2ccccc2F)(C(N)=O)C1. The Morgan fingerprint density at radius 2 is 1.69 bits per heavy atom. The van der Waals surface area contributed by atoms with E-state index in [4.69, 9.17) is 5.73 Å². The zero-order valence-electron chi connectivity index (χ0n) is 17.2. The van der Waals surface area contributed by atoms with Crippen molar-refractivity contribution in [2.45, 2.75) is 39.5 Å². The Bertz CT molecular complexity index is 894. The van der Waals surface area contributed by atoms with Gasteiger partial charge in [0.1, 0.15) is 5.82 Å². The van der Waals surface area contributed by atoms with Crippen molar-refractivity contribution in [2.75, 3.05) is 13.1 Å². The van der Waals surface area contributed by atoms with Crippen LogP contribution >= 0.6 is 0 Å². The molecule has 2 aromatic rings. The lowest BCUT2D eigenvalue weighted by atomic mass is 9.78. The Morgan fingerprint density at radius 1 is 1.07 bits per heavy atom. The second kappa shape index (κ2) is 8.76. The van der Waals surface area contributed by atoms with Crippen molar-refractivity contribution in [1.82, 2.24) is 4.90 Å². The van der Waals surface area contributed by atoms with Gasteiger partial charge in [-0.3, -0.25) is 9.59 Å². The van der Waals surface area contributed by atoms with Crippen molar-refractivity contribution in [2.24, 2.45) is 17.1 Å². The summed E-state index contributed by atoms with van der Waals surface area (Å²) in [6, 6.07) is 14.2. The molecule has 1 saturated heterocycles. The lowest BCUT2D eigenvalue weighted by Gasteiger charge is -2.28. The highest BCUT2D eigenvalue weighted by Gasteiger charge is 2.45. The average molecular weight is 397 g/mol. The summed E-state index contributed by atoms with van der Waals surface area (Å²) < 4.78 is 14.4. The first-order valence-corrected chi connectivity index (χ1v) is 10.3. The Balaban J connectivity index is 1.91. The zero-order chi connectivity index (χ0) is 21.0. The number of likely N-dealkylation sites (tertiary alicyclic amines) is 1. The standard InChI is InChI=1S/C24H29FN2O2/c1-3-17(4-2)22(28)27-14-13-24(16-27,23(26)29)15-18-9-5-6-10-19(18)20-11-7-8-12-21(20)25/h5-12,17H,3-4,13-16H2,1-2H3,(H2,26,29). The second-order valence-corrected chi connectivity index (χ2v) is 7.98. The van der Waals surface area contributed by atoms with E-state index in [0.717, 1.165) is 24.0 Å². The van der Waals surface area contributed by atoms with Crippen LogP contribution in [0.4, 0.5) is 4.39 Å². The molecule has 1 unspecified atom stereocenters. The first-order valence-electron chi connectivity index (χ1n) is 10.3. The van der Waals surface area contributed by atoms with Gasteiger partial charge in [0.05, 0.1) is 5.41 Å². The van der Waals surface area contributed by atoms with Crippen LogP contribution in [0.15, 0.2) is 48.5 Å². The number of carbonyl (C=O) groups excluding carboxylic acids is 2. The molecule has 0 aromatic heterocycles. The van der Waals surface area contributed by atoms with Crippen LogP contribution in [-0.4, -0.2) is 29.8 Å². The van der Waals surface area contributed by atoms with Crippen LogP contribution < -0.4 is 5.73 Å². The molecule has 1 fully saturated rings. The minimum Gasteiger partial charge on any atom is -0.369 e. The molecule has 154 valence electrons. The van der Waals surface area contributed by atoms with E-state index in [2.05, 4.69) is 0 Å². The summed E-state index contributed by atoms with van der Waals surface area (Å²) in [5.41, 5.74) is 7.16. The molecule has 0 radical (unpaired) electrons. The molecule has 1 aliphatic rings. The van der Waals surface area contributed by atoms with Crippen molar-refractivity contribution >= 4 is 11.8 Å². The van der Waals surface area contributed by atoms with Crippen LogP contribution in [0, 0.1) is 17.2 Å². The Labute approximate surface area is 171 Å². The van der Waals surface area contributed by atoms with Gasteiger partial charge in [-0.05, 0) is 42.9 Å². The first kappa shape index (κ1) is 21.0. The number of primary amides is 1. The average Bonchev–Trinajstić information content (AvgIpc) is 3.15. The van der Waals surface area contributed by atoms with Gasteiger partial charge in [0.25, 0.3) is 0 Å². The molecule has 0 saturated carbocycles. The minimum absolute atomic E-state index is 0.0237. The van der Waals surface area contributed by atoms with Gasteiger partial charge in [-0.25, -0.2) is 4.39 Å². The van der Waals surface area contributed by atoms with Gasteiger partial charge in [-0.15, -0.1) is 0 Å². The third-order valence-electron chi connectivity index (χ3n) is 6.23. The predicted octanol–water partition coefficient (Wildman–Crippen LogP) is 4.18. The molecular weight excluding hydrogens is 367 g/mol. The Morgan fingerprint density at radius 3 is 2.31 bits per heavy atom. The lowest BCUT2D eigenvalue weighted by molar-refractivity contribution is -0.135. The van der Waals surface area contributed by atoms with E-state index in [0.29, 0.717) is 31.5 Å². The molecule has 4 nitrogen and oxygen atoms in total. The maximum atomic E-state index is 14.4. The van der Waals surface area contributed by atoms with E-state index in [1.807, 2.05) is 38.1 Å². The molecule has 2 aromatic carbocycles. The van der Waals surface area contributed by atoms with Gasteiger partial charge in [0.15, 0.2) is 0 Å². The molecule has 0 aliphatic carbocycles. The third kappa shape index (κ3) is 4.19. The van der Waals surface area contributed by atoms with Crippen LogP contribution in [0.3, 0.4) is 0 Å². The highest BCUT2D eigenvalue weighted by molar-refractivity contribution is 5.85. The fraction of sp³-hybridized carbons (Fsp3) is 0.417. The van der Waals surface area contributed by atoms with E-state index < -0.39 is 11.3 Å². The molecule has 1 aliphatic heterocycles. The summed E-state index contributed by atoms with van der Waals surface area (Å²) in [6.07, 6.45) is 2.48. The van der Waals surface area contributed by atoms with Crippen molar-refractivity contribution in [1.29, 1.82) is 0 Å². The zero-order valence-corrected chi connectivity index (χ0v) is 17.2. The van der Waals surface area contributed by atoms with E-state index >= 15 is 0 Å². The molecule has 0 bridgehead atoms. The summed E-state index contributed by atoms with van der Waals surface area (Å²) in [4.78, 5) is 27.1. The quantitative estimate of drug-likeness (QED) is 0.763. The molecule has 2 N–H and O–H groups in total. The molecule has 2 amide bonds. The number of nitrogens with zero attached hydrogens (tertiary/aromatic N) is 1. The molecule has 0 spiro atoms. The second-order valence-electron chi connectivity index (χ2n) is 7.98. The van der Waals surface area contributed by atoms with Crippen molar-refractivity contribution in [3.63, 3.8) is 0 Å². The Kier molecular flexibility index (Phi) is 6.36. The number of carbonyl (C=O) groups is 2. The highest BCUT2D eigenvalue weighted by Crippen LogP contribution is 2.38. The number of hydrogen-bond acceptors (Lipinski definition) is 2. The molecule has 1 heterocycles. The van der Waals surface area contributed by atoms with Crippen LogP contribution in [0.25, 0.3) is 11.1 Å². The maximum absolute atomic E-state index is 14.4. The summed E-state index contributed by atoms with van der Waals surface area (Å²) >= 11 is 0. The Hall–Kier alpha value is -2.69. The topological polar surface area (TPSA) is 63.4 Å². The summed E-state index contributed by atoms with van der Waals surface area (Å²) in [7, 11) is 0. The normalized spacial score (nSPS) is 19.0. The van der Waals surface area contributed by atoms with E-state index in [1.165, 1.54) is 6.07 Å². The predicted molar refractivity (Wildman–Crippen MR) is 112 cm³/mol. The van der Waals surface area contributed by atoms with Crippen LogP contribution in [-0.2, 0) is 16.0 Å². The van der Waals surface area contributed by atoms with Gasteiger partial charge in [0.2, 0.25) is 11.8 Å². The molecule has 29 heavy (non-hydrogen) atoms. The van der Waals surface area contributed by atoms with Gasteiger partial charge in [0, 0.05) is 24.6 Å². The molecular formula is C24H29FN2O2. The van der Waals surface area contributed by atoms with Gasteiger partial charge in [-0.1, -0.05) is 56.3 Å². The third-order valence-corrected chi connectivity index (χ3v) is 6.23. The summed E-state index contributed by atoms with van der Waals surface area (Å²) in [5.74, 6) is -0.629. The number of hydrogen-bond donors (Lipinski definition) is 1. The largest absolute Gasteiger partial charge is 0.369 e. The van der Waals surface area contributed by atoms with Crippen LogP contribution in [0.5, 0.6) is 0 Å². The number of rotatable bonds is 7. The monoisotopic (exact) mass is 396 g/mol. The fourth-order valence-electron chi connectivity index (χ4n) is 4.37. The van der Waals surface area contributed by atoms with Gasteiger partial charge < -0.3 is 10.6 Å². The van der Waals surface area contributed by atoms with Gasteiger partial charge in [-0.2, -0.15) is 0 Å². The molecule has 1 atom stereocenters. The van der Waals surface area contributed by atoms with Crippen molar-refractivity contribution in [3.8, 4) is 11.1 Å². The van der Waals surface area contributed by atoms with Gasteiger partial charge >= 0.3 is 0 Å². The smallest absolute Gasteiger partial charge is 0.225 e. The summed E-state index contributed by atoms with van der Waals surface area (Å²) in [6.45, 7) is 4.87. The van der Waals surface area contributed by atoms with Crippen molar-refractivity contribution < 1.29 is 14.0 Å². The van der Waals surface area contributed by atoms with Crippen LogP contribution in [0.1, 0.15) is 38.7 Å². The summed E-state index contributed by atoms with van der Waals surface area (Å²) in [5, 5.41) is 0. The number of nitrogens with two attached hydrogens (primary N) is 1. The van der Waals surface area contributed by atoms with E-state index in [-0.39, 0.29) is 17.6 Å². The number of halogens is 1. The number of benzene rings is 2. The highest BCUT2D eigenvalue weighted by atomic mass is 19.1. The minimum atomic E-state index is -0.830. The molecule has 5 heteroatoms. The fourth-order valence-corrected chi connectivity index (χ4v) is 4.37. The van der Waals surface area contributed by atoms with E-state index in [1.54, 1.807) is 23.1 Å². The van der Waals surface area contributed by atoms with Crippen LogP contribution in [0.2, 0.25) is 0 Å². The number of amides is 2. The van der Waals surface area contributed by atoms with E-state index in [9.17, 15) is 14.0 Å². The first-order chi connectivity index (χ1) is 13.9. The maximum Gasteiger partial charge on any atom is 0.225 e.